The molecule has 0 fully saturated rings. The molecule has 5 N–H and O–H groups in total. The molecule has 0 saturated heterocycles. The number of carbonyl (C=O) groups is 2. The molecule has 0 aromatic heterocycles. The normalized spacial score (nSPS) is 16.0. The van der Waals surface area contributed by atoms with Crippen LogP contribution in [0.25, 0.3) is 0 Å². The van der Waals surface area contributed by atoms with Crippen LogP contribution in [0.3, 0.4) is 0 Å². The number of carboxylic acids is 1. The van der Waals surface area contributed by atoms with E-state index in [2.05, 4.69) is 5.32 Å². The van der Waals surface area contributed by atoms with E-state index in [-0.39, 0.29) is 23.8 Å². The zero-order valence-corrected chi connectivity index (χ0v) is 18.7. The molecule has 8 heteroatoms. The van der Waals surface area contributed by atoms with E-state index in [1.54, 1.807) is 34.6 Å². The first-order chi connectivity index (χ1) is 13.3. The number of hydrogen-bond acceptors (Lipinski definition) is 4. The second-order valence-electron chi connectivity index (χ2n) is 8.29. The molecule has 0 heterocycles. The summed E-state index contributed by atoms with van der Waals surface area (Å²) in [4.78, 5) is 34.8. The second-order valence-corrected chi connectivity index (χ2v) is 10.7. The van der Waals surface area contributed by atoms with Gasteiger partial charge in [-0.25, -0.2) is 4.79 Å². The lowest BCUT2D eigenvalue weighted by molar-refractivity contribution is -0.132. The monoisotopic (exact) mass is 424 g/mol. The van der Waals surface area contributed by atoms with Gasteiger partial charge >= 0.3 is 5.97 Å². The van der Waals surface area contributed by atoms with Crippen molar-refractivity contribution in [2.24, 2.45) is 11.7 Å². The number of rotatable bonds is 10. The van der Waals surface area contributed by atoms with Crippen LogP contribution in [0.15, 0.2) is 41.5 Å². The number of benzene rings is 1. The number of nitrogens with one attached hydrogen (secondary N) is 1. The molecule has 7 nitrogen and oxygen atoms in total. The standard InChI is InChI=1S/C21H33N2O5P/c1-14(2)19(23-18(24)12-11-16-9-7-6-8-10-16)29(27,28)13-17(20(25)26)15(3)21(4,5)22/h6-10,14,19H,11-13,22H2,1-5H3,(H,23,24)(H,25,26)(H,27,28). The van der Waals surface area contributed by atoms with Gasteiger partial charge in [0.25, 0.3) is 0 Å². The van der Waals surface area contributed by atoms with E-state index in [0.29, 0.717) is 12.0 Å². The Balaban J connectivity index is 2.99. The van der Waals surface area contributed by atoms with Gasteiger partial charge in [-0.2, -0.15) is 0 Å². The lowest BCUT2D eigenvalue weighted by atomic mass is 9.93. The third-order valence-electron chi connectivity index (χ3n) is 4.92. The maximum Gasteiger partial charge on any atom is 0.332 e. The van der Waals surface area contributed by atoms with Gasteiger partial charge < -0.3 is 21.1 Å². The smallest absolute Gasteiger partial charge is 0.332 e. The molecule has 0 bridgehead atoms. The van der Waals surface area contributed by atoms with E-state index in [0.717, 1.165) is 5.56 Å². The van der Waals surface area contributed by atoms with Gasteiger partial charge in [0, 0.05) is 17.5 Å². The Labute approximate surface area is 172 Å². The number of hydrogen-bond donors (Lipinski definition) is 4. The summed E-state index contributed by atoms with van der Waals surface area (Å²) in [5.41, 5.74) is 6.18. The molecule has 0 spiro atoms. The van der Waals surface area contributed by atoms with Crippen molar-refractivity contribution in [3.63, 3.8) is 0 Å². The number of aliphatic carboxylic acids is 1. The molecule has 162 valence electrons. The summed E-state index contributed by atoms with van der Waals surface area (Å²) in [5, 5.41) is 12.2. The minimum Gasteiger partial charge on any atom is -0.478 e. The minimum atomic E-state index is -4.07. The Morgan fingerprint density at radius 1 is 1.21 bits per heavy atom. The first-order valence-corrected chi connectivity index (χ1v) is 11.5. The van der Waals surface area contributed by atoms with Gasteiger partial charge in [-0.3, -0.25) is 9.36 Å². The zero-order valence-electron chi connectivity index (χ0n) is 17.8. The van der Waals surface area contributed by atoms with Gasteiger partial charge in [0.15, 0.2) is 0 Å². The molecule has 0 aliphatic carbocycles. The number of aryl methyl sites for hydroxylation is 1. The van der Waals surface area contributed by atoms with Gasteiger partial charge in [0.2, 0.25) is 13.3 Å². The van der Waals surface area contributed by atoms with E-state index in [1.807, 2.05) is 30.3 Å². The third kappa shape index (κ3) is 7.77. The van der Waals surface area contributed by atoms with Gasteiger partial charge in [-0.1, -0.05) is 44.2 Å². The van der Waals surface area contributed by atoms with Gasteiger partial charge in [-0.15, -0.1) is 0 Å². The van der Waals surface area contributed by atoms with Gasteiger partial charge in [-0.05, 0) is 44.2 Å². The van der Waals surface area contributed by atoms with Crippen LogP contribution in [0.4, 0.5) is 0 Å². The highest BCUT2D eigenvalue weighted by Gasteiger charge is 2.38. The van der Waals surface area contributed by atoms with Crippen molar-refractivity contribution < 1.29 is 24.2 Å². The van der Waals surface area contributed by atoms with Crippen LogP contribution in [-0.4, -0.2) is 39.4 Å². The SMILES string of the molecule is CC(=C(CP(=O)(O)C(NC(=O)CCc1ccccc1)C(C)C)C(=O)O)C(C)(C)N. The Bertz CT molecular complexity index is 797. The molecule has 2 unspecified atom stereocenters. The molecule has 1 aromatic rings. The molecule has 2 atom stereocenters. The lowest BCUT2D eigenvalue weighted by Crippen LogP contribution is -2.40. The van der Waals surface area contributed by atoms with Crippen molar-refractivity contribution in [2.45, 2.75) is 58.8 Å². The predicted octanol–water partition coefficient (Wildman–Crippen LogP) is 3.13. The highest BCUT2D eigenvalue weighted by molar-refractivity contribution is 7.59. The van der Waals surface area contributed by atoms with Gasteiger partial charge in [0.05, 0.1) is 6.16 Å². The topological polar surface area (TPSA) is 130 Å². The number of amides is 1. The summed E-state index contributed by atoms with van der Waals surface area (Å²) in [7, 11) is -4.07. The summed E-state index contributed by atoms with van der Waals surface area (Å²) in [6.45, 7) is 8.26. The van der Waals surface area contributed by atoms with Gasteiger partial charge in [0.1, 0.15) is 5.78 Å². The molecule has 0 radical (unpaired) electrons. The molecule has 1 aromatic carbocycles. The van der Waals surface area contributed by atoms with Crippen molar-refractivity contribution in [2.75, 3.05) is 6.16 Å². The summed E-state index contributed by atoms with van der Waals surface area (Å²) in [5.74, 6) is -3.03. The van der Waals surface area contributed by atoms with Crippen molar-refractivity contribution in [1.82, 2.24) is 5.32 Å². The van der Waals surface area contributed by atoms with E-state index in [1.165, 1.54) is 0 Å². The van der Waals surface area contributed by atoms with Crippen LogP contribution < -0.4 is 11.1 Å². The zero-order chi connectivity index (χ0) is 22.4. The molecular formula is C21H33N2O5P. The van der Waals surface area contributed by atoms with Crippen LogP contribution >= 0.6 is 7.37 Å². The predicted molar refractivity (Wildman–Crippen MR) is 115 cm³/mol. The number of carboxylic acid groups (broad SMARTS) is 1. The molecule has 1 amide bonds. The first kappa shape index (κ1) is 25.1. The van der Waals surface area contributed by atoms with E-state index in [4.69, 9.17) is 5.73 Å². The summed E-state index contributed by atoms with van der Waals surface area (Å²) >= 11 is 0. The van der Waals surface area contributed by atoms with Crippen molar-refractivity contribution in [1.29, 1.82) is 0 Å². The fourth-order valence-electron chi connectivity index (χ4n) is 2.93. The molecule has 29 heavy (non-hydrogen) atoms. The number of nitrogens with two attached hydrogens (primary N) is 1. The molecule has 0 aliphatic heterocycles. The van der Waals surface area contributed by atoms with Crippen molar-refractivity contribution >= 4 is 19.2 Å². The second kappa shape index (κ2) is 10.2. The summed E-state index contributed by atoms with van der Waals surface area (Å²) < 4.78 is 13.1. The van der Waals surface area contributed by atoms with Crippen LogP contribution in [0.2, 0.25) is 0 Å². The Morgan fingerprint density at radius 2 is 1.76 bits per heavy atom. The van der Waals surface area contributed by atoms with Crippen molar-refractivity contribution in [3.8, 4) is 0 Å². The summed E-state index contributed by atoms with van der Waals surface area (Å²) in [6.07, 6.45) is 0.119. The quantitative estimate of drug-likeness (QED) is 0.337. The molecule has 1 rings (SSSR count). The lowest BCUT2D eigenvalue weighted by Gasteiger charge is -2.29. The minimum absolute atomic E-state index is 0.170. The Morgan fingerprint density at radius 3 is 2.21 bits per heavy atom. The fraction of sp³-hybridized carbons (Fsp3) is 0.524. The van der Waals surface area contributed by atoms with Crippen LogP contribution in [-0.2, 0) is 20.6 Å². The van der Waals surface area contributed by atoms with Crippen molar-refractivity contribution in [3.05, 3.63) is 47.0 Å². The molecule has 0 aliphatic rings. The summed E-state index contributed by atoms with van der Waals surface area (Å²) in [6, 6.07) is 9.47. The van der Waals surface area contributed by atoms with E-state index < -0.39 is 30.8 Å². The van der Waals surface area contributed by atoms with E-state index in [9.17, 15) is 24.2 Å². The van der Waals surface area contributed by atoms with Crippen LogP contribution in [0, 0.1) is 5.92 Å². The Kier molecular flexibility index (Phi) is 8.82. The first-order valence-electron chi connectivity index (χ1n) is 9.63. The largest absolute Gasteiger partial charge is 0.478 e. The average Bonchev–Trinajstić information content (AvgIpc) is 2.61. The Hall–Kier alpha value is -1.95. The fourth-order valence-corrected chi connectivity index (χ4v) is 5.23. The maximum absolute atomic E-state index is 13.1. The van der Waals surface area contributed by atoms with E-state index >= 15 is 0 Å². The maximum atomic E-state index is 13.1. The average molecular weight is 424 g/mol. The third-order valence-corrected chi connectivity index (χ3v) is 7.28. The van der Waals surface area contributed by atoms with Crippen LogP contribution in [0.5, 0.6) is 0 Å². The highest BCUT2D eigenvalue weighted by Crippen LogP contribution is 2.50. The highest BCUT2D eigenvalue weighted by atomic mass is 31.2. The van der Waals surface area contributed by atoms with Crippen LogP contribution in [0.1, 0.15) is 46.6 Å². The molecule has 0 saturated carbocycles. The molecular weight excluding hydrogens is 391 g/mol. The number of carbonyl (C=O) groups excluding carboxylic acids is 1.